The maximum Gasteiger partial charge on any atom is 0.223 e. The van der Waals surface area contributed by atoms with Gasteiger partial charge in [0.05, 0.1) is 0 Å². The first-order valence-corrected chi connectivity index (χ1v) is 6.46. The highest BCUT2D eigenvalue weighted by atomic mass is 16.2. The Bertz CT molecular complexity index is 282. The second-order valence-electron chi connectivity index (χ2n) is 6.20. The summed E-state index contributed by atoms with van der Waals surface area (Å²) in [6, 6.07) is 0. The van der Waals surface area contributed by atoms with Crippen LogP contribution in [0.1, 0.15) is 46.5 Å². The first kappa shape index (κ1) is 14.2. The maximum absolute atomic E-state index is 12.4. The highest BCUT2D eigenvalue weighted by molar-refractivity contribution is 5.78. The zero-order valence-electron chi connectivity index (χ0n) is 11.5. The maximum atomic E-state index is 12.4. The normalized spacial score (nSPS) is 18.4. The molecule has 17 heavy (non-hydrogen) atoms. The van der Waals surface area contributed by atoms with Gasteiger partial charge in [0.15, 0.2) is 0 Å². The minimum absolute atomic E-state index is 0.0851. The van der Waals surface area contributed by atoms with Crippen molar-refractivity contribution < 1.29 is 4.79 Å². The number of rotatable bonds is 5. The average Bonchev–Trinajstić information content (AvgIpc) is 2.18. The van der Waals surface area contributed by atoms with Gasteiger partial charge in [-0.15, -0.1) is 6.58 Å². The molecule has 0 aromatic carbocycles. The number of amides is 1. The molecule has 1 saturated carbocycles. The Balaban J connectivity index is 2.68. The fraction of sp³-hybridized carbons (Fsp3) is 0.786. The zero-order valence-corrected chi connectivity index (χ0v) is 11.5. The molecule has 0 aromatic rings. The molecule has 3 heteroatoms. The summed E-state index contributed by atoms with van der Waals surface area (Å²) in [4.78, 5) is 14.3. The van der Waals surface area contributed by atoms with Gasteiger partial charge in [-0.05, 0) is 45.6 Å². The lowest BCUT2D eigenvalue weighted by molar-refractivity contribution is -0.139. The van der Waals surface area contributed by atoms with Gasteiger partial charge in [0.1, 0.15) is 0 Å². The van der Waals surface area contributed by atoms with E-state index in [1.807, 2.05) is 4.90 Å². The third-order valence-electron chi connectivity index (χ3n) is 3.80. The topological polar surface area (TPSA) is 46.3 Å². The van der Waals surface area contributed by atoms with Crippen LogP contribution in [0.4, 0.5) is 0 Å². The van der Waals surface area contributed by atoms with Crippen molar-refractivity contribution in [2.75, 3.05) is 13.1 Å². The molecule has 0 bridgehead atoms. The van der Waals surface area contributed by atoms with Crippen molar-refractivity contribution in [1.82, 2.24) is 4.90 Å². The average molecular weight is 238 g/mol. The van der Waals surface area contributed by atoms with Crippen LogP contribution in [0.5, 0.6) is 0 Å². The van der Waals surface area contributed by atoms with Gasteiger partial charge in [-0.2, -0.15) is 0 Å². The van der Waals surface area contributed by atoms with Gasteiger partial charge in [-0.1, -0.05) is 12.5 Å². The molecule has 1 aliphatic rings. The second kappa shape index (κ2) is 5.21. The summed E-state index contributed by atoms with van der Waals surface area (Å²) >= 11 is 0. The summed E-state index contributed by atoms with van der Waals surface area (Å²) in [6.07, 6.45) is 5.79. The van der Waals surface area contributed by atoms with Gasteiger partial charge in [-0.3, -0.25) is 4.79 Å². The van der Waals surface area contributed by atoms with E-state index in [0.717, 1.165) is 12.8 Å². The van der Waals surface area contributed by atoms with E-state index in [1.54, 1.807) is 6.08 Å². The van der Waals surface area contributed by atoms with Crippen molar-refractivity contribution >= 4 is 5.91 Å². The fourth-order valence-corrected chi connectivity index (χ4v) is 2.42. The molecule has 0 saturated heterocycles. The van der Waals surface area contributed by atoms with E-state index in [9.17, 15) is 4.79 Å². The summed E-state index contributed by atoms with van der Waals surface area (Å²) in [5.74, 6) is 0.211. The van der Waals surface area contributed by atoms with Crippen molar-refractivity contribution in [3.8, 4) is 0 Å². The number of carbonyl (C=O) groups excluding carboxylic acids is 1. The van der Waals surface area contributed by atoms with Crippen LogP contribution >= 0.6 is 0 Å². The van der Waals surface area contributed by atoms with Crippen LogP contribution in [0, 0.1) is 5.41 Å². The molecule has 0 aromatic heterocycles. The van der Waals surface area contributed by atoms with Gasteiger partial charge >= 0.3 is 0 Å². The van der Waals surface area contributed by atoms with E-state index >= 15 is 0 Å². The molecule has 1 aliphatic carbocycles. The van der Waals surface area contributed by atoms with Crippen LogP contribution in [0.3, 0.4) is 0 Å². The quantitative estimate of drug-likeness (QED) is 0.747. The number of carbonyl (C=O) groups is 1. The first-order chi connectivity index (χ1) is 7.84. The summed E-state index contributed by atoms with van der Waals surface area (Å²) in [7, 11) is 0. The molecule has 1 amide bonds. The molecular formula is C14H26N2O. The zero-order chi connectivity index (χ0) is 13.1. The largest absolute Gasteiger partial charge is 0.334 e. The molecule has 0 radical (unpaired) electrons. The van der Waals surface area contributed by atoms with Crippen LogP contribution < -0.4 is 5.73 Å². The third kappa shape index (κ3) is 3.32. The van der Waals surface area contributed by atoms with E-state index in [-0.39, 0.29) is 16.9 Å². The fourth-order valence-electron chi connectivity index (χ4n) is 2.42. The summed E-state index contributed by atoms with van der Waals surface area (Å²) < 4.78 is 0. The van der Waals surface area contributed by atoms with Crippen LogP contribution in [0.2, 0.25) is 0 Å². The molecule has 1 fully saturated rings. The number of nitrogens with zero attached hydrogens (tertiary/aromatic N) is 1. The smallest absolute Gasteiger partial charge is 0.223 e. The molecule has 0 atom stereocenters. The molecule has 0 spiro atoms. The molecule has 1 rings (SSSR count). The van der Waals surface area contributed by atoms with E-state index in [4.69, 9.17) is 5.73 Å². The van der Waals surface area contributed by atoms with Crippen molar-refractivity contribution in [1.29, 1.82) is 0 Å². The second-order valence-corrected chi connectivity index (χ2v) is 6.20. The van der Waals surface area contributed by atoms with E-state index in [0.29, 0.717) is 19.5 Å². The van der Waals surface area contributed by atoms with Crippen molar-refractivity contribution in [2.45, 2.75) is 52.0 Å². The number of hydrogen-bond acceptors (Lipinski definition) is 2. The molecule has 0 heterocycles. The molecule has 0 unspecified atom stereocenters. The van der Waals surface area contributed by atoms with Crippen LogP contribution in [0.15, 0.2) is 12.7 Å². The molecule has 0 aliphatic heterocycles. The monoisotopic (exact) mass is 238 g/mol. The lowest BCUT2D eigenvalue weighted by atomic mass is 9.66. The minimum atomic E-state index is -0.148. The third-order valence-corrected chi connectivity index (χ3v) is 3.80. The molecule has 98 valence electrons. The first-order valence-electron chi connectivity index (χ1n) is 6.46. The van der Waals surface area contributed by atoms with Gasteiger partial charge in [-0.25, -0.2) is 0 Å². The Kier molecular flexibility index (Phi) is 4.36. The molecule has 3 nitrogen and oxygen atoms in total. The van der Waals surface area contributed by atoms with Crippen LogP contribution in [-0.2, 0) is 4.79 Å². The van der Waals surface area contributed by atoms with Gasteiger partial charge < -0.3 is 10.6 Å². The lowest BCUT2D eigenvalue weighted by Crippen LogP contribution is -2.49. The summed E-state index contributed by atoms with van der Waals surface area (Å²) in [5, 5.41) is 0. The van der Waals surface area contributed by atoms with E-state index in [2.05, 4.69) is 27.4 Å². The highest BCUT2D eigenvalue weighted by Gasteiger charge is 2.39. The number of nitrogens with two attached hydrogens (primary N) is 1. The molecular weight excluding hydrogens is 212 g/mol. The minimum Gasteiger partial charge on any atom is -0.334 e. The SMILES string of the molecule is C=CCN(C(=O)CC1(CN)CCC1)C(C)(C)C. The lowest BCUT2D eigenvalue weighted by Gasteiger charge is -2.43. The summed E-state index contributed by atoms with van der Waals surface area (Å²) in [6.45, 7) is 11.2. The standard InChI is InChI=1S/C14H26N2O/c1-5-9-16(13(2,3)4)12(17)10-14(11-15)7-6-8-14/h5H,1,6-11,15H2,2-4H3. The van der Waals surface area contributed by atoms with E-state index in [1.165, 1.54) is 6.42 Å². The van der Waals surface area contributed by atoms with Gasteiger partial charge in [0, 0.05) is 18.5 Å². The Hall–Kier alpha value is -0.830. The Morgan fingerprint density at radius 3 is 2.35 bits per heavy atom. The van der Waals surface area contributed by atoms with E-state index < -0.39 is 0 Å². The predicted molar refractivity (Wildman–Crippen MR) is 71.6 cm³/mol. The van der Waals surface area contributed by atoms with Crippen molar-refractivity contribution in [3.63, 3.8) is 0 Å². The molecule has 2 N–H and O–H groups in total. The van der Waals surface area contributed by atoms with Crippen LogP contribution in [0.25, 0.3) is 0 Å². The van der Waals surface area contributed by atoms with Crippen molar-refractivity contribution in [2.24, 2.45) is 11.1 Å². The number of hydrogen-bond donors (Lipinski definition) is 1. The van der Waals surface area contributed by atoms with Crippen LogP contribution in [-0.4, -0.2) is 29.4 Å². The Morgan fingerprint density at radius 1 is 1.47 bits per heavy atom. The Labute approximate surface area is 105 Å². The van der Waals surface area contributed by atoms with Crippen molar-refractivity contribution in [3.05, 3.63) is 12.7 Å². The van der Waals surface area contributed by atoms with Gasteiger partial charge in [0.25, 0.3) is 0 Å². The predicted octanol–water partition coefficient (Wildman–Crippen LogP) is 2.32. The highest BCUT2D eigenvalue weighted by Crippen LogP contribution is 2.43. The Morgan fingerprint density at radius 2 is 2.06 bits per heavy atom. The summed E-state index contributed by atoms with van der Waals surface area (Å²) in [5.41, 5.74) is 5.75. The van der Waals surface area contributed by atoms with Gasteiger partial charge in [0.2, 0.25) is 5.91 Å².